The SMILES string of the molecule is N#Cc1cc(S)c(CCl)c(CC(=O)O)c1. The molecule has 1 rings (SSSR count). The molecule has 1 aromatic carbocycles. The van der Waals surface area contributed by atoms with Crippen LogP contribution in [0.4, 0.5) is 0 Å². The normalized spacial score (nSPS) is 9.67. The van der Waals surface area contributed by atoms with Crippen molar-refractivity contribution in [3.63, 3.8) is 0 Å². The van der Waals surface area contributed by atoms with Gasteiger partial charge in [-0.2, -0.15) is 5.26 Å². The molecule has 78 valence electrons. The van der Waals surface area contributed by atoms with Gasteiger partial charge in [0, 0.05) is 10.8 Å². The lowest BCUT2D eigenvalue weighted by Crippen LogP contribution is -2.04. The van der Waals surface area contributed by atoms with E-state index < -0.39 is 5.97 Å². The minimum absolute atomic E-state index is 0.148. The van der Waals surface area contributed by atoms with Crippen LogP contribution >= 0.6 is 24.2 Å². The van der Waals surface area contributed by atoms with Crippen molar-refractivity contribution in [2.45, 2.75) is 17.2 Å². The molecule has 0 unspecified atom stereocenters. The first-order chi connectivity index (χ1) is 7.08. The fourth-order valence-corrected chi connectivity index (χ4v) is 2.03. The van der Waals surface area contributed by atoms with Gasteiger partial charge in [-0.25, -0.2) is 0 Å². The van der Waals surface area contributed by atoms with Crippen molar-refractivity contribution in [2.24, 2.45) is 0 Å². The lowest BCUT2D eigenvalue weighted by Gasteiger charge is -2.08. The first-order valence-electron chi connectivity index (χ1n) is 4.11. The second-order valence-electron chi connectivity index (χ2n) is 2.95. The zero-order valence-corrected chi connectivity index (χ0v) is 9.35. The minimum Gasteiger partial charge on any atom is -0.481 e. The van der Waals surface area contributed by atoms with Crippen molar-refractivity contribution in [2.75, 3.05) is 0 Å². The maximum absolute atomic E-state index is 10.6. The Labute approximate surface area is 97.7 Å². The Balaban J connectivity index is 3.27. The molecule has 0 amide bonds. The Kier molecular flexibility index (Phi) is 4.01. The largest absolute Gasteiger partial charge is 0.481 e. The summed E-state index contributed by atoms with van der Waals surface area (Å²) in [6.45, 7) is 0. The summed E-state index contributed by atoms with van der Waals surface area (Å²) in [4.78, 5) is 11.2. The second-order valence-corrected chi connectivity index (χ2v) is 3.70. The van der Waals surface area contributed by atoms with Crippen molar-refractivity contribution in [1.29, 1.82) is 5.26 Å². The molecule has 0 saturated heterocycles. The number of nitrogens with zero attached hydrogens (tertiary/aromatic N) is 1. The third kappa shape index (κ3) is 2.88. The highest BCUT2D eigenvalue weighted by Crippen LogP contribution is 2.23. The number of aliphatic carboxylic acids is 1. The fraction of sp³-hybridized carbons (Fsp3) is 0.200. The van der Waals surface area contributed by atoms with Gasteiger partial charge in [0.2, 0.25) is 0 Å². The zero-order chi connectivity index (χ0) is 11.4. The lowest BCUT2D eigenvalue weighted by molar-refractivity contribution is -0.136. The van der Waals surface area contributed by atoms with Crippen LogP contribution in [0.3, 0.4) is 0 Å². The number of hydrogen-bond acceptors (Lipinski definition) is 3. The van der Waals surface area contributed by atoms with Crippen LogP contribution in [0, 0.1) is 11.3 Å². The van der Waals surface area contributed by atoms with E-state index in [0.717, 1.165) is 0 Å². The van der Waals surface area contributed by atoms with Gasteiger partial charge in [-0.15, -0.1) is 24.2 Å². The van der Waals surface area contributed by atoms with E-state index in [2.05, 4.69) is 12.6 Å². The molecule has 0 aliphatic rings. The summed E-state index contributed by atoms with van der Waals surface area (Å²) in [6.07, 6.45) is -0.148. The smallest absolute Gasteiger partial charge is 0.307 e. The van der Waals surface area contributed by atoms with Crippen molar-refractivity contribution in [3.05, 3.63) is 28.8 Å². The fourth-order valence-electron chi connectivity index (χ4n) is 1.25. The molecule has 0 heterocycles. The van der Waals surface area contributed by atoms with Gasteiger partial charge in [0.25, 0.3) is 0 Å². The van der Waals surface area contributed by atoms with Crippen LogP contribution < -0.4 is 0 Å². The number of rotatable bonds is 3. The summed E-state index contributed by atoms with van der Waals surface area (Å²) < 4.78 is 0. The van der Waals surface area contributed by atoms with E-state index in [-0.39, 0.29) is 12.3 Å². The number of alkyl halides is 1. The van der Waals surface area contributed by atoms with Gasteiger partial charge in [-0.05, 0) is 23.3 Å². The zero-order valence-electron chi connectivity index (χ0n) is 7.70. The van der Waals surface area contributed by atoms with Crippen LogP contribution in [-0.4, -0.2) is 11.1 Å². The predicted molar refractivity (Wildman–Crippen MR) is 59.3 cm³/mol. The molecule has 0 aromatic heterocycles. The van der Waals surface area contributed by atoms with Crippen molar-refractivity contribution < 1.29 is 9.90 Å². The average Bonchev–Trinajstić information content (AvgIpc) is 2.16. The van der Waals surface area contributed by atoms with Gasteiger partial charge < -0.3 is 5.11 Å². The Bertz CT molecular complexity index is 440. The Morgan fingerprint density at radius 2 is 2.27 bits per heavy atom. The van der Waals surface area contributed by atoms with Crippen molar-refractivity contribution in [3.8, 4) is 6.07 Å². The molecule has 5 heteroatoms. The van der Waals surface area contributed by atoms with Crippen LogP contribution in [0.5, 0.6) is 0 Å². The minimum atomic E-state index is -0.954. The maximum atomic E-state index is 10.6. The topological polar surface area (TPSA) is 61.1 Å². The summed E-state index contributed by atoms with van der Waals surface area (Å²) in [5.74, 6) is -0.767. The highest BCUT2D eigenvalue weighted by Gasteiger charge is 2.10. The molecule has 0 aliphatic carbocycles. The summed E-state index contributed by atoms with van der Waals surface area (Å²) in [7, 11) is 0. The van der Waals surface area contributed by atoms with Crippen LogP contribution in [0.15, 0.2) is 17.0 Å². The first kappa shape index (κ1) is 11.9. The number of carboxylic acids is 1. The number of thiol groups is 1. The molecule has 0 spiro atoms. The molecule has 0 aliphatic heterocycles. The monoisotopic (exact) mass is 241 g/mol. The quantitative estimate of drug-likeness (QED) is 0.630. The van der Waals surface area contributed by atoms with Gasteiger partial charge in [0.15, 0.2) is 0 Å². The average molecular weight is 242 g/mol. The van der Waals surface area contributed by atoms with Gasteiger partial charge in [0.1, 0.15) is 0 Å². The Morgan fingerprint density at radius 3 is 2.73 bits per heavy atom. The summed E-state index contributed by atoms with van der Waals surface area (Å²) in [6, 6.07) is 5.06. The standard InChI is InChI=1S/C10H8ClNO2S/c11-4-8-7(3-10(13)14)1-6(5-12)2-9(8)15/h1-2,15H,3-4H2,(H,13,14). The summed E-state index contributed by atoms with van der Waals surface area (Å²) in [5, 5.41) is 17.4. The Morgan fingerprint density at radius 1 is 1.60 bits per heavy atom. The Hall–Kier alpha value is -1.18. The number of halogens is 1. The molecule has 0 radical (unpaired) electrons. The van der Waals surface area contributed by atoms with E-state index in [1.54, 1.807) is 6.07 Å². The molecule has 15 heavy (non-hydrogen) atoms. The molecular formula is C10H8ClNO2S. The van der Waals surface area contributed by atoms with Gasteiger partial charge >= 0.3 is 5.97 Å². The highest BCUT2D eigenvalue weighted by atomic mass is 35.5. The number of carboxylic acid groups (broad SMARTS) is 1. The van der Waals surface area contributed by atoms with E-state index in [4.69, 9.17) is 22.0 Å². The van der Waals surface area contributed by atoms with Gasteiger partial charge in [0.05, 0.1) is 18.1 Å². The van der Waals surface area contributed by atoms with E-state index in [9.17, 15) is 4.79 Å². The van der Waals surface area contributed by atoms with Gasteiger partial charge in [-0.3, -0.25) is 4.79 Å². The van der Waals surface area contributed by atoms with Crippen molar-refractivity contribution >= 4 is 30.2 Å². The predicted octanol–water partition coefficient (Wildman–Crippen LogP) is 2.21. The number of benzene rings is 1. The van der Waals surface area contributed by atoms with Crippen LogP contribution in [-0.2, 0) is 17.1 Å². The molecule has 3 nitrogen and oxygen atoms in total. The molecule has 0 bridgehead atoms. The molecule has 0 fully saturated rings. The maximum Gasteiger partial charge on any atom is 0.307 e. The molecule has 0 saturated carbocycles. The van der Waals surface area contributed by atoms with E-state index >= 15 is 0 Å². The van der Waals surface area contributed by atoms with E-state index in [1.807, 2.05) is 6.07 Å². The van der Waals surface area contributed by atoms with Crippen LogP contribution in [0.1, 0.15) is 16.7 Å². The lowest BCUT2D eigenvalue weighted by atomic mass is 10.0. The summed E-state index contributed by atoms with van der Waals surface area (Å²) in [5.41, 5.74) is 1.60. The third-order valence-corrected chi connectivity index (χ3v) is 2.59. The van der Waals surface area contributed by atoms with Gasteiger partial charge in [-0.1, -0.05) is 0 Å². The number of hydrogen-bond donors (Lipinski definition) is 2. The molecular weight excluding hydrogens is 234 g/mol. The number of carbonyl (C=O) groups is 1. The van der Waals surface area contributed by atoms with Crippen molar-refractivity contribution in [1.82, 2.24) is 0 Å². The first-order valence-corrected chi connectivity index (χ1v) is 5.09. The van der Waals surface area contributed by atoms with E-state index in [0.29, 0.717) is 21.6 Å². The van der Waals surface area contributed by atoms with Crippen LogP contribution in [0.25, 0.3) is 0 Å². The van der Waals surface area contributed by atoms with E-state index in [1.165, 1.54) is 6.07 Å². The number of nitriles is 1. The highest BCUT2D eigenvalue weighted by molar-refractivity contribution is 7.80. The molecule has 1 aromatic rings. The molecule has 1 N–H and O–H groups in total. The third-order valence-electron chi connectivity index (χ3n) is 1.92. The van der Waals surface area contributed by atoms with Crippen LogP contribution in [0.2, 0.25) is 0 Å². The molecule has 0 atom stereocenters. The summed E-state index contributed by atoms with van der Waals surface area (Å²) >= 11 is 9.86. The second kappa shape index (κ2) is 5.06.